The van der Waals surface area contributed by atoms with Crippen molar-refractivity contribution in [1.82, 2.24) is 4.90 Å². The van der Waals surface area contributed by atoms with E-state index in [1.54, 1.807) is 4.90 Å². The third-order valence-corrected chi connectivity index (χ3v) is 3.44. The van der Waals surface area contributed by atoms with Crippen LogP contribution in [0.2, 0.25) is 0 Å². The van der Waals surface area contributed by atoms with Crippen LogP contribution in [-0.2, 0) is 14.3 Å². The molecule has 144 valence electrons. The van der Waals surface area contributed by atoms with Crippen molar-refractivity contribution in [3.8, 4) is 0 Å². The number of amides is 1. The van der Waals surface area contributed by atoms with Crippen molar-refractivity contribution in [3.63, 3.8) is 0 Å². The summed E-state index contributed by atoms with van der Waals surface area (Å²) < 4.78 is 10.0. The van der Waals surface area contributed by atoms with Gasteiger partial charge in [0.25, 0.3) is 0 Å². The Kier molecular flexibility index (Phi) is 12.3. The van der Waals surface area contributed by atoms with E-state index in [4.69, 9.17) is 10.3 Å². The Hall–Kier alpha value is -1.95. The highest BCUT2D eigenvalue weighted by Gasteiger charge is 2.21. The van der Waals surface area contributed by atoms with Gasteiger partial charge in [-0.2, -0.15) is 0 Å². The normalized spacial score (nSPS) is 10.7. The predicted octanol–water partition coefficient (Wildman–Crippen LogP) is 4.44. The molecule has 0 aliphatic rings. The molecule has 0 N–H and O–H groups in total. The number of rotatable bonds is 12. The van der Waals surface area contributed by atoms with Crippen LogP contribution in [0.5, 0.6) is 0 Å². The van der Waals surface area contributed by atoms with Crippen LogP contribution < -0.4 is 0 Å². The Morgan fingerprint density at radius 1 is 1.04 bits per heavy atom. The fraction of sp³-hybridized carbons (Fsp3) is 0.882. The molecule has 0 fully saturated rings. The van der Waals surface area contributed by atoms with E-state index in [1.165, 1.54) is 7.11 Å². The zero-order valence-corrected chi connectivity index (χ0v) is 16.0. The number of azide groups is 1. The van der Waals surface area contributed by atoms with Crippen LogP contribution >= 0.6 is 0 Å². The van der Waals surface area contributed by atoms with E-state index in [0.717, 1.165) is 32.1 Å². The van der Waals surface area contributed by atoms with Gasteiger partial charge in [-0.1, -0.05) is 24.4 Å². The number of methoxy groups -OCH3 is 1. The fourth-order valence-electron chi connectivity index (χ4n) is 2.20. The number of hydrogen-bond donors (Lipinski definition) is 0. The monoisotopic (exact) mass is 356 g/mol. The molecule has 0 heterocycles. The molecule has 25 heavy (non-hydrogen) atoms. The van der Waals surface area contributed by atoms with E-state index in [2.05, 4.69) is 14.8 Å². The minimum atomic E-state index is -0.534. The highest BCUT2D eigenvalue weighted by atomic mass is 16.6. The molecular formula is C17H32N4O4. The quantitative estimate of drug-likeness (QED) is 0.169. The maximum Gasteiger partial charge on any atom is 0.410 e. The van der Waals surface area contributed by atoms with Crippen LogP contribution in [0, 0.1) is 0 Å². The van der Waals surface area contributed by atoms with E-state index >= 15 is 0 Å². The molecule has 0 aromatic carbocycles. The summed E-state index contributed by atoms with van der Waals surface area (Å²) in [5.41, 5.74) is 7.78. The summed E-state index contributed by atoms with van der Waals surface area (Å²) in [6.07, 6.45) is 5.41. The molecule has 0 aliphatic carbocycles. The van der Waals surface area contributed by atoms with Crippen LogP contribution in [0.4, 0.5) is 4.79 Å². The summed E-state index contributed by atoms with van der Waals surface area (Å²) in [6.45, 7) is 7.00. The van der Waals surface area contributed by atoms with Crippen LogP contribution in [0.1, 0.15) is 65.7 Å². The molecule has 1 amide bonds. The van der Waals surface area contributed by atoms with Crippen molar-refractivity contribution in [1.29, 1.82) is 0 Å². The molecule has 0 saturated carbocycles. The molecule has 0 rings (SSSR count). The lowest BCUT2D eigenvalue weighted by atomic mass is 10.1. The lowest BCUT2D eigenvalue weighted by Gasteiger charge is -2.27. The van der Waals surface area contributed by atoms with Gasteiger partial charge in [-0.3, -0.25) is 4.79 Å². The second-order valence-corrected chi connectivity index (χ2v) is 6.87. The third kappa shape index (κ3) is 14.1. The summed E-state index contributed by atoms with van der Waals surface area (Å²) in [5, 5.41) is 3.49. The number of hydrogen-bond acceptors (Lipinski definition) is 5. The van der Waals surface area contributed by atoms with Gasteiger partial charge in [-0.05, 0) is 45.6 Å². The van der Waals surface area contributed by atoms with Gasteiger partial charge in [0.2, 0.25) is 0 Å². The molecule has 0 aliphatic heterocycles. The third-order valence-electron chi connectivity index (χ3n) is 3.44. The number of carbonyl (C=O) groups excluding carboxylic acids is 2. The Morgan fingerprint density at radius 2 is 1.64 bits per heavy atom. The molecule has 0 atom stereocenters. The minimum absolute atomic E-state index is 0.170. The average molecular weight is 356 g/mol. The van der Waals surface area contributed by atoms with Gasteiger partial charge in [0.1, 0.15) is 5.60 Å². The molecule has 0 bridgehead atoms. The summed E-state index contributed by atoms with van der Waals surface area (Å²) >= 11 is 0. The lowest BCUT2D eigenvalue weighted by Crippen LogP contribution is -2.38. The number of unbranched alkanes of at least 4 members (excludes halogenated alkanes) is 4. The number of esters is 1. The Labute approximate surface area is 150 Å². The highest BCUT2D eigenvalue weighted by Crippen LogP contribution is 2.12. The average Bonchev–Trinajstić information content (AvgIpc) is 2.53. The summed E-state index contributed by atoms with van der Waals surface area (Å²) in [7, 11) is 1.40. The Balaban J connectivity index is 4.13. The van der Waals surface area contributed by atoms with Crippen LogP contribution in [-0.4, -0.2) is 49.3 Å². The Morgan fingerprint density at radius 3 is 2.24 bits per heavy atom. The zero-order valence-electron chi connectivity index (χ0n) is 16.0. The van der Waals surface area contributed by atoms with Crippen LogP contribution in [0.25, 0.3) is 10.4 Å². The van der Waals surface area contributed by atoms with E-state index in [1.807, 2.05) is 20.8 Å². The second-order valence-electron chi connectivity index (χ2n) is 6.87. The highest BCUT2D eigenvalue weighted by molar-refractivity contribution is 5.69. The maximum atomic E-state index is 12.2. The summed E-state index contributed by atoms with van der Waals surface area (Å²) in [6, 6.07) is 0. The second kappa shape index (κ2) is 13.4. The number of carbonyl (C=O) groups is 2. The minimum Gasteiger partial charge on any atom is -0.469 e. The summed E-state index contributed by atoms with van der Waals surface area (Å²) in [5.74, 6) is -0.170. The maximum absolute atomic E-state index is 12.2. The first-order chi connectivity index (χ1) is 11.8. The predicted molar refractivity (Wildman–Crippen MR) is 96.2 cm³/mol. The zero-order chi connectivity index (χ0) is 19.1. The topological polar surface area (TPSA) is 105 Å². The first kappa shape index (κ1) is 23.1. The van der Waals surface area contributed by atoms with Crippen molar-refractivity contribution in [3.05, 3.63) is 10.4 Å². The molecule has 0 unspecified atom stereocenters. The van der Waals surface area contributed by atoms with E-state index < -0.39 is 5.60 Å². The fourth-order valence-corrected chi connectivity index (χ4v) is 2.20. The van der Waals surface area contributed by atoms with Gasteiger partial charge in [0.15, 0.2) is 0 Å². The standard InChI is InChI=1S/C17H32N4O4/c1-17(2,3)25-16(23)21(14-10-12-19-20-18)13-9-7-5-6-8-11-15(22)24-4/h5-14H2,1-4H3. The molecule has 8 nitrogen and oxygen atoms in total. The molecule has 0 aromatic rings. The first-order valence-corrected chi connectivity index (χ1v) is 8.85. The summed E-state index contributed by atoms with van der Waals surface area (Å²) in [4.78, 5) is 27.7. The van der Waals surface area contributed by atoms with Gasteiger partial charge in [0, 0.05) is 31.0 Å². The molecule has 0 saturated heterocycles. The smallest absolute Gasteiger partial charge is 0.410 e. The van der Waals surface area contributed by atoms with Crippen molar-refractivity contribution >= 4 is 12.1 Å². The molecular weight excluding hydrogens is 324 g/mol. The van der Waals surface area contributed by atoms with E-state index in [0.29, 0.717) is 32.5 Å². The van der Waals surface area contributed by atoms with Crippen LogP contribution in [0.3, 0.4) is 0 Å². The van der Waals surface area contributed by atoms with Crippen LogP contribution in [0.15, 0.2) is 5.11 Å². The number of ether oxygens (including phenoxy) is 2. The Bertz CT molecular complexity index is 442. The van der Waals surface area contributed by atoms with Crippen molar-refractivity contribution < 1.29 is 19.1 Å². The first-order valence-electron chi connectivity index (χ1n) is 8.85. The molecule has 0 radical (unpaired) electrons. The van der Waals surface area contributed by atoms with Gasteiger partial charge >= 0.3 is 12.1 Å². The SMILES string of the molecule is COC(=O)CCCCCCCN(CCCN=[N+]=[N-])C(=O)OC(C)(C)C. The van der Waals surface area contributed by atoms with Gasteiger partial charge in [-0.25, -0.2) is 4.79 Å². The van der Waals surface area contributed by atoms with Gasteiger partial charge in [0.05, 0.1) is 7.11 Å². The molecule has 8 heteroatoms. The lowest BCUT2D eigenvalue weighted by molar-refractivity contribution is -0.140. The van der Waals surface area contributed by atoms with E-state index in [9.17, 15) is 9.59 Å². The van der Waals surface area contributed by atoms with Crippen molar-refractivity contribution in [2.75, 3.05) is 26.7 Å². The van der Waals surface area contributed by atoms with Crippen molar-refractivity contribution in [2.45, 2.75) is 71.3 Å². The van der Waals surface area contributed by atoms with E-state index in [-0.39, 0.29) is 12.1 Å². The largest absolute Gasteiger partial charge is 0.469 e. The van der Waals surface area contributed by atoms with Crippen molar-refractivity contribution in [2.24, 2.45) is 5.11 Å². The van der Waals surface area contributed by atoms with Gasteiger partial charge < -0.3 is 14.4 Å². The molecule has 0 aromatic heterocycles. The van der Waals surface area contributed by atoms with Gasteiger partial charge in [-0.15, -0.1) is 0 Å². The number of nitrogens with zero attached hydrogens (tertiary/aromatic N) is 4. The molecule has 0 spiro atoms.